The molecule has 2 unspecified atom stereocenters. The normalized spacial score (nSPS) is 26.8. The Hall–Kier alpha value is -0.410. The SMILES string of the molecule is CCC1CCNC(Cc2csc(C)n2)C1. The van der Waals surface area contributed by atoms with Gasteiger partial charge in [-0.1, -0.05) is 13.3 Å². The van der Waals surface area contributed by atoms with E-state index in [4.69, 9.17) is 0 Å². The van der Waals surface area contributed by atoms with Gasteiger partial charge >= 0.3 is 0 Å². The number of aromatic nitrogens is 1. The summed E-state index contributed by atoms with van der Waals surface area (Å²) in [4.78, 5) is 4.53. The first kappa shape index (κ1) is 11.1. The lowest BCUT2D eigenvalue weighted by Gasteiger charge is -2.29. The molecule has 0 bridgehead atoms. The van der Waals surface area contributed by atoms with Crippen LogP contribution in [0.15, 0.2) is 5.38 Å². The van der Waals surface area contributed by atoms with Crippen molar-refractivity contribution in [3.63, 3.8) is 0 Å². The minimum absolute atomic E-state index is 0.658. The van der Waals surface area contributed by atoms with E-state index in [0.717, 1.165) is 12.3 Å². The minimum atomic E-state index is 0.658. The fourth-order valence-corrected chi connectivity index (χ4v) is 3.00. The predicted octanol–water partition coefficient (Wildman–Crippen LogP) is 2.77. The zero-order valence-corrected chi connectivity index (χ0v) is 10.4. The van der Waals surface area contributed by atoms with Gasteiger partial charge in [0.1, 0.15) is 0 Å². The quantitative estimate of drug-likeness (QED) is 0.854. The maximum Gasteiger partial charge on any atom is 0.0897 e. The van der Waals surface area contributed by atoms with Crippen molar-refractivity contribution in [3.8, 4) is 0 Å². The van der Waals surface area contributed by atoms with E-state index in [9.17, 15) is 0 Å². The van der Waals surface area contributed by atoms with Crippen molar-refractivity contribution < 1.29 is 0 Å². The maximum atomic E-state index is 4.53. The maximum absolute atomic E-state index is 4.53. The van der Waals surface area contributed by atoms with E-state index in [-0.39, 0.29) is 0 Å². The van der Waals surface area contributed by atoms with Gasteiger partial charge in [0.2, 0.25) is 0 Å². The highest BCUT2D eigenvalue weighted by atomic mass is 32.1. The molecule has 1 N–H and O–H groups in total. The molecule has 0 aliphatic carbocycles. The van der Waals surface area contributed by atoms with Gasteiger partial charge in [0, 0.05) is 17.8 Å². The topological polar surface area (TPSA) is 24.9 Å². The zero-order chi connectivity index (χ0) is 10.7. The number of hydrogen-bond acceptors (Lipinski definition) is 3. The number of nitrogens with zero attached hydrogens (tertiary/aromatic N) is 1. The zero-order valence-electron chi connectivity index (χ0n) is 9.62. The van der Waals surface area contributed by atoms with Crippen LogP contribution in [0.3, 0.4) is 0 Å². The van der Waals surface area contributed by atoms with Crippen LogP contribution in [0.4, 0.5) is 0 Å². The molecule has 1 saturated heterocycles. The standard InChI is InChI=1S/C12H20N2S/c1-3-10-4-5-13-11(6-10)7-12-8-15-9(2)14-12/h8,10-11,13H,3-7H2,1-2H3. The smallest absolute Gasteiger partial charge is 0.0897 e. The van der Waals surface area contributed by atoms with Crippen LogP contribution in [0.25, 0.3) is 0 Å². The second kappa shape index (κ2) is 5.08. The number of nitrogens with one attached hydrogen (secondary N) is 1. The average molecular weight is 224 g/mol. The molecule has 15 heavy (non-hydrogen) atoms. The first-order valence-corrected chi connectivity index (χ1v) is 6.80. The van der Waals surface area contributed by atoms with Crippen LogP contribution in [0.1, 0.15) is 36.9 Å². The van der Waals surface area contributed by atoms with Crippen LogP contribution in [0.5, 0.6) is 0 Å². The van der Waals surface area contributed by atoms with Crippen molar-refractivity contribution in [1.29, 1.82) is 0 Å². The predicted molar refractivity (Wildman–Crippen MR) is 65.4 cm³/mol. The van der Waals surface area contributed by atoms with E-state index in [1.807, 2.05) is 0 Å². The fraction of sp³-hybridized carbons (Fsp3) is 0.750. The molecule has 1 aromatic heterocycles. The monoisotopic (exact) mass is 224 g/mol. The number of aryl methyl sites for hydroxylation is 1. The van der Waals surface area contributed by atoms with Crippen molar-refractivity contribution >= 4 is 11.3 Å². The van der Waals surface area contributed by atoms with Crippen molar-refractivity contribution in [2.75, 3.05) is 6.54 Å². The first-order valence-electron chi connectivity index (χ1n) is 5.92. The second-order valence-corrected chi connectivity index (χ2v) is 5.57. The third-order valence-corrected chi connectivity index (χ3v) is 4.13. The number of piperidine rings is 1. The molecular weight excluding hydrogens is 204 g/mol. The summed E-state index contributed by atoms with van der Waals surface area (Å²) in [6, 6.07) is 0.658. The highest BCUT2D eigenvalue weighted by Crippen LogP contribution is 2.21. The van der Waals surface area contributed by atoms with Crippen LogP contribution >= 0.6 is 11.3 Å². The van der Waals surface area contributed by atoms with Gasteiger partial charge in [-0.05, 0) is 32.2 Å². The van der Waals surface area contributed by atoms with Crippen LogP contribution in [-0.4, -0.2) is 17.6 Å². The van der Waals surface area contributed by atoms with Gasteiger partial charge in [-0.15, -0.1) is 11.3 Å². The highest BCUT2D eigenvalue weighted by molar-refractivity contribution is 7.09. The lowest BCUT2D eigenvalue weighted by molar-refractivity contribution is 0.293. The average Bonchev–Trinajstić information content (AvgIpc) is 2.64. The lowest BCUT2D eigenvalue weighted by Crippen LogP contribution is -2.39. The Kier molecular flexibility index (Phi) is 3.76. The Labute approximate surface area is 96.1 Å². The van der Waals surface area contributed by atoms with Crippen LogP contribution in [0, 0.1) is 12.8 Å². The lowest BCUT2D eigenvalue weighted by atomic mass is 9.89. The summed E-state index contributed by atoms with van der Waals surface area (Å²) >= 11 is 1.76. The summed E-state index contributed by atoms with van der Waals surface area (Å²) < 4.78 is 0. The molecule has 0 saturated carbocycles. The number of rotatable bonds is 3. The first-order chi connectivity index (χ1) is 7.28. The van der Waals surface area contributed by atoms with Gasteiger partial charge in [-0.25, -0.2) is 4.98 Å². The molecule has 2 atom stereocenters. The van der Waals surface area contributed by atoms with E-state index >= 15 is 0 Å². The summed E-state index contributed by atoms with van der Waals surface area (Å²) in [6.07, 6.45) is 5.12. The van der Waals surface area contributed by atoms with Gasteiger partial charge in [0.05, 0.1) is 10.7 Å². The Bertz CT molecular complexity index is 308. The Morgan fingerprint density at radius 1 is 1.60 bits per heavy atom. The molecular formula is C12H20N2S. The van der Waals surface area contributed by atoms with Gasteiger partial charge in [0.15, 0.2) is 0 Å². The summed E-state index contributed by atoms with van der Waals surface area (Å²) in [6.45, 7) is 5.57. The Balaban J connectivity index is 1.88. The van der Waals surface area contributed by atoms with Crippen molar-refractivity contribution in [3.05, 3.63) is 16.1 Å². The molecule has 1 aliphatic rings. The van der Waals surface area contributed by atoms with Gasteiger partial charge in [-0.3, -0.25) is 0 Å². The molecule has 0 amide bonds. The molecule has 1 aliphatic heterocycles. The van der Waals surface area contributed by atoms with E-state index in [0.29, 0.717) is 6.04 Å². The van der Waals surface area contributed by atoms with Crippen molar-refractivity contribution in [1.82, 2.24) is 10.3 Å². The molecule has 0 aromatic carbocycles. The molecule has 1 aromatic rings. The highest BCUT2D eigenvalue weighted by Gasteiger charge is 2.20. The molecule has 1 fully saturated rings. The summed E-state index contributed by atoms with van der Waals surface area (Å²) in [7, 11) is 0. The minimum Gasteiger partial charge on any atom is -0.314 e. The molecule has 0 radical (unpaired) electrons. The second-order valence-electron chi connectivity index (χ2n) is 4.51. The van der Waals surface area contributed by atoms with E-state index in [1.54, 1.807) is 11.3 Å². The fourth-order valence-electron chi connectivity index (χ4n) is 2.38. The Morgan fingerprint density at radius 3 is 3.13 bits per heavy atom. The number of hydrogen-bond donors (Lipinski definition) is 1. The van der Waals surface area contributed by atoms with Gasteiger partial charge in [0.25, 0.3) is 0 Å². The number of thiazole rings is 1. The summed E-state index contributed by atoms with van der Waals surface area (Å²) in [5, 5.41) is 6.99. The molecule has 2 rings (SSSR count). The molecule has 3 heteroatoms. The van der Waals surface area contributed by atoms with Crippen molar-refractivity contribution in [2.45, 2.75) is 45.6 Å². The molecule has 2 nitrogen and oxygen atoms in total. The third-order valence-electron chi connectivity index (χ3n) is 3.30. The largest absolute Gasteiger partial charge is 0.314 e. The van der Waals surface area contributed by atoms with Crippen LogP contribution in [-0.2, 0) is 6.42 Å². The molecule has 0 spiro atoms. The van der Waals surface area contributed by atoms with Crippen LogP contribution in [0.2, 0.25) is 0 Å². The molecule has 2 heterocycles. The van der Waals surface area contributed by atoms with E-state index < -0.39 is 0 Å². The van der Waals surface area contributed by atoms with Crippen molar-refractivity contribution in [2.24, 2.45) is 5.92 Å². The van der Waals surface area contributed by atoms with E-state index in [1.165, 1.54) is 36.5 Å². The van der Waals surface area contributed by atoms with Gasteiger partial charge in [-0.2, -0.15) is 0 Å². The third kappa shape index (κ3) is 3.02. The van der Waals surface area contributed by atoms with E-state index in [2.05, 4.69) is 29.5 Å². The molecule has 84 valence electrons. The van der Waals surface area contributed by atoms with Gasteiger partial charge < -0.3 is 5.32 Å². The Morgan fingerprint density at radius 2 is 2.47 bits per heavy atom. The summed E-state index contributed by atoms with van der Waals surface area (Å²) in [5.41, 5.74) is 1.27. The summed E-state index contributed by atoms with van der Waals surface area (Å²) in [5.74, 6) is 0.927. The van der Waals surface area contributed by atoms with Crippen LogP contribution < -0.4 is 5.32 Å².